The van der Waals surface area contributed by atoms with E-state index in [0.717, 1.165) is 30.2 Å². The maximum Gasteiger partial charge on any atom is 0.327 e. The summed E-state index contributed by atoms with van der Waals surface area (Å²) in [7, 11) is 1.60. The van der Waals surface area contributed by atoms with Crippen LogP contribution >= 0.6 is 34.8 Å². The summed E-state index contributed by atoms with van der Waals surface area (Å²) in [6.07, 6.45) is 19.8. The molecule has 298 valence electrons. The van der Waals surface area contributed by atoms with E-state index in [1.165, 1.54) is 72.1 Å². The third-order valence-electron chi connectivity index (χ3n) is 7.97. The Morgan fingerprint density at radius 3 is 1.48 bits per heavy atom. The van der Waals surface area contributed by atoms with Crippen LogP contribution in [0.25, 0.3) is 0 Å². The number of esters is 5. The number of aryl methyl sites for hydroxylation is 2. The van der Waals surface area contributed by atoms with Crippen molar-refractivity contribution in [3.8, 4) is 0 Å². The molecule has 4 rings (SSSR count). The zero-order chi connectivity index (χ0) is 39.6. The second-order valence-electron chi connectivity index (χ2n) is 12.4. The third-order valence-corrected chi connectivity index (χ3v) is 8.63. The fourth-order valence-electron chi connectivity index (χ4n) is 5.66. The number of halogens is 3. The summed E-state index contributed by atoms with van der Waals surface area (Å²) in [5.74, 6) is -0.0963. The average molecular weight is 794 g/mol. The number of carbonyl (C=O) groups is 5. The van der Waals surface area contributed by atoms with Gasteiger partial charge >= 0.3 is 29.8 Å². The summed E-state index contributed by atoms with van der Waals surface area (Å²) in [4.78, 5) is 51.2. The Bertz CT molecular complexity index is 1110. The number of hydrogen-bond donors (Lipinski definition) is 2. The quantitative estimate of drug-likeness (QED) is 0.114. The number of likely N-dealkylation sites (N-methyl/N-ethyl adjacent to an activating group) is 2. The van der Waals surface area contributed by atoms with Crippen molar-refractivity contribution in [1.29, 1.82) is 0 Å². The minimum atomic E-state index is -0.574. The Morgan fingerprint density at radius 1 is 0.731 bits per heavy atom. The summed E-state index contributed by atoms with van der Waals surface area (Å²) >= 11 is 14.8. The highest BCUT2D eigenvalue weighted by atomic mass is 35.5. The predicted octanol–water partition coefficient (Wildman–Crippen LogP) is 8.76. The summed E-state index contributed by atoms with van der Waals surface area (Å²) in [5, 5.41) is 5.27. The summed E-state index contributed by atoms with van der Waals surface area (Å²) in [5.41, 5.74) is 4.24. The van der Waals surface area contributed by atoms with Crippen LogP contribution in [0.15, 0.2) is 34.3 Å². The highest BCUT2D eigenvalue weighted by molar-refractivity contribution is 6.58. The maximum atomic E-state index is 10.5. The van der Waals surface area contributed by atoms with Crippen LogP contribution in [0, 0.1) is 11.8 Å². The van der Waals surface area contributed by atoms with Gasteiger partial charge in [0.25, 0.3) is 0 Å². The molecule has 0 heterocycles. The number of carbonyl (C=O) groups excluding carboxylic acids is 5. The number of rotatable bonds is 8. The van der Waals surface area contributed by atoms with Gasteiger partial charge in [0.15, 0.2) is 0 Å². The van der Waals surface area contributed by atoms with Crippen LogP contribution in [0.1, 0.15) is 123 Å². The van der Waals surface area contributed by atoms with Crippen molar-refractivity contribution in [3.63, 3.8) is 0 Å². The molecule has 3 aliphatic carbocycles. The minimum Gasteiger partial charge on any atom is -0.466 e. The molecule has 2 fully saturated rings. The fourth-order valence-corrected chi connectivity index (χ4v) is 5.66. The number of nitrogens with one attached hydrogen (secondary N) is 2. The van der Waals surface area contributed by atoms with Crippen LogP contribution < -0.4 is 10.6 Å². The van der Waals surface area contributed by atoms with Crippen molar-refractivity contribution < 1.29 is 38.2 Å². The van der Waals surface area contributed by atoms with Gasteiger partial charge in [0.05, 0.1) is 19.7 Å². The first-order valence-corrected chi connectivity index (χ1v) is 19.6. The van der Waals surface area contributed by atoms with E-state index in [9.17, 15) is 24.0 Å². The molecule has 13 heteroatoms. The van der Waals surface area contributed by atoms with Crippen LogP contribution in [0.3, 0.4) is 0 Å². The first-order chi connectivity index (χ1) is 24.8. The number of benzene rings is 1. The Morgan fingerprint density at radius 2 is 1.15 bits per heavy atom. The van der Waals surface area contributed by atoms with Gasteiger partial charge in [-0.1, -0.05) is 131 Å². The largest absolute Gasteiger partial charge is 0.466 e. The SMILES string of the molecule is C1CCC2CCCCC2C1.CCCCOC(C)=O.CCNCC(=O)OC(C)=O.CNCC(=O)OC(C)=O.ClC=C(Cl)Cl.c1ccc2c(c1)CCCC2. The summed E-state index contributed by atoms with van der Waals surface area (Å²) in [6, 6.07) is 8.80. The molecule has 0 bridgehead atoms. The van der Waals surface area contributed by atoms with E-state index in [0.29, 0.717) is 13.2 Å². The Kier molecular flexibility index (Phi) is 35.3. The normalized spacial score (nSPS) is 16.2. The van der Waals surface area contributed by atoms with E-state index in [1.54, 1.807) is 43.9 Å². The molecule has 1 aromatic rings. The Labute approximate surface area is 327 Å². The van der Waals surface area contributed by atoms with Gasteiger partial charge in [0.1, 0.15) is 4.49 Å². The molecule has 0 radical (unpaired) electrons. The summed E-state index contributed by atoms with van der Waals surface area (Å²) < 4.78 is 13.1. The minimum absolute atomic E-state index is 0.0690. The lowest BCUT2D eigenvalue weighted by molar-refractivity contribution is -0.159. The van der Waals surface area contributed by atoms with E-state index < -0.39 is 23.9 Å². The van der Waals surface area contributed by atoms with Gasteiger partial charge in [0.2, 0.25) is 0 Å². The van der Waals surface area contributed by atoms with Crippen LogP contribution in [0.2, 0.25) is 0 Å². The molecule has 2 saturated carbocycles. The number of fused-ring (bicyclic) bond motifs is 2. The van der Waals surface area contributed by atoms with Gasteiger partial charge in [-0.25, -0.2) is 0 Å². The molecule has 0 spiro atoms. The van der Waals surface area contributed by atoms with Crippen LogP contribution in [0.4, 0.5) is 0 Å². The zero-order valence-corrected chi connectivity index (χ0v) is 34.4. The highest BCUT2D eigenvalue weighted by Crippen LogP contribution is 2.40. The van der Waals surface area contributed by atoms with E-state index in [2.05, 4.69) is 56.0 Å². The molecule has 0 aliphatic heterocycles. The molecular weight excluding hydrogens is 731 g/mol. The van der Waals surface area contributed by atoms with Crippen LogP contribution in [-0.4, -0.2) is 63.1 Å². The van der Waals surface area contributed by atoms with E-state index in [4.69, 9.17) is 34.8 Å². The van der Waals surface area contributed by atoms with E-state index in [-0.39, 0.29) is 23.6 Å². The molecule has 0 unspecified atom stereocenters. The number of ether oxygens (including phenoxy) is 3. The van der Waals surface area contributed by atoms with Gasteiger partial charge in [0, 0.05) is 26.3 Å². The lowest BCUT2D eigenvalue weighted by atomic mass is 9.71. The maximum absolute atomic E-state index is 10.5. The smallest absolute Gasteiger partial charge is 0.327 e. The van der Waals surface area contributed by atoms with Gasteiger partial charge in [-0.2, -0.15) is 0 Å². The Balaban J connectivity index is 0. The van der Waals surface area contributed by atoms with Crippen molar-refractivity contribution in [2.45, 2.75) is 125 Å². The molecule has 1 aromatic carbocycles. The van der Waals surface area contributed by atoms with Crippen LogP contribution in [-0.2, 0) is 51.0 Å². The zero-order valence-electron chi connectivity index (χ0n) is 32.2. The number of hydrogen-bond acceptors (Lipinski definition) is 10. The lowest BCUT2D eigenvalue weighted by Crippen LogP contribution is -2.25. The first kappa shape index (κ1) is 51.6. The molecule has 3 aliphatic rings. The second-order valence-corrected chi connectivity index (χ2v) is 13.6. The highest BCUT2D eigenvalue weighted by Gasteiger charge is 2.26. The lowest BCUT2D eigenvalue weighted by Gasteiger charge is -2.35. The second kappa shape index (κ2) is 35.5. The number of unbranched alkanes of at least 4 members (excludes halogenated alkanes) is 1. The van der Waals surface area contributed by atoms with Crippen molar-refractivity contribution in [1.82, 2.24) is 10.6 Å². The summed E-state index contributed by atoms with van der Waals surface area (Å²) in [6.45, 7) is 9.16. The molecule has 0 atom stereocenters. The molecule has 52 heavy (non-hydrogen) atoms. The average Bonchev–Trinajstić information content (AvgIpc) is 3.12. The predicted molar refractivity (Wildman–Crippen MR) is 210 cm³/mol. The van der Waals surface area contributed by atoms with Crippen molar-refractivity contribution in [3.05, 3.63) is 45.4 Å². The Hall–Kier alpha value is -2.50. The third kappa shape index (κ3) is 33.3. The van der Waals surface area contributed by atoms with Gasteiger partial charge in [-0.3, -0.25) is 24.0 Å². The molecule has 0 saturated heterocycles. The molecule has 2 N–H and O–H groups in total. The standard InChI is InChI=1S/C10H18.C10H12.C6H11NO3.C6H12O2.C5H9NO3.C2HCl3/c2*1-2-6-10-8-4-3-7-9(10)5-1;1-3-7-4-6(9)10-5(2)8;1-3-4-5-8-6(2)7;1-4(7)9-5(8)3-6-2;3-1-2(4)5/h9-10H,1-8H2;1-2,5-6H,3-4,7-8H2;7H,3-4H2,1-2H3;3-5H2,1-2H3;6H,3H2,1-2H3;1H. The topological polar surface area (TPSA) is 137 Å². The van der Waals surface area contributed by atoms with Gasteiger partial charge in [-0.05, 0) is 68.7 Å². The van der Waals surface area contributed by atoms with Crippen molar-refractivity contribution >= 4 is 64.6 Å². The van der Waals surface area contributed by atoms with E-state index in [1.807, 2.05) is 6.92 Å². The molecule has 0 aromatic heterocycles. The molecule has 10 nitrogen and oxygen atoms in total. The fraction of sp³-hybridized carbons (Fsp3) is 0.667. The van der Waals surface area contributed by atoms with Crippen molar-refractivity contribution in [2.75, 3.05) is 33.3 Å². The van der Waals surface area contributed by atoms with Crippen LogP contribution in [0.5, 0.6) is 0 Å². The van der Waals surface area contributed by atoms with E-state index >= 15 is 0 Å². The molecular formula is C39H63Cl3N2O8. The molecule has 0 amide bonds. The van der Waals surface area contributed by atoms with Crippen molar-refractivity contribution in [2.24, 2.45) is 11.8 Å². The van der Waals surface area contributed by atoms with Gasteiger partial charge in [-0.15, -0.1) is 0 Å². The van der Waals surface area contributed by atoms with Gasteiger partial charge < -0.3 is 24.8 Å². The monoisotopic (exact) mass is 792 g/mol. The first-order valence-electron chi connectivity index (χ1n) is 18.4.